The van der Waals surface area contributed by atoms with Gasteiger partial charge in [0.25, 0.3) is 5.91 Å². The SMILES string of the molecule is O=C(CNC(=O)c1ccc2c(c1)OCO2)NCC1=CCCOC1. The zero-order chi connectivity index (χ0) is 16.1. The van der Waals surface area contributed by atoms with Crippen LogP contribution in [0.2, 0.25) is 0 Å². The van der Waals surface area contributed by atoms with E-state index in [0.717, 1.165) is 18.6 Å². The third-order valence-electron chi connectivity index (χ3n) is 3.54. The first-order valence-corrected chi connectivity index (χ1v) is 7.42. The number of rotatable bonds is 5. The lowest BCUT2D eigenvalue weighted by Crippen LogP contribution is -2.38. The van der Waals surface area contributed by atoms with Gasteiger partial charge in [-0.2, -0.15) is 0 Å². The Morgan fingerprint density at radius 3 is 2.83 bits per heavy atom. The fraction of sp³-hybridized carbons (Fsp3) is 0.375. The maximum absolute atomic E-state index is 12.0. The summed E-state index contributed by atoms with van der Waals surface area (Å²) >= 11 is 0. The number of carbonyl (C=O) groups is 2. The fourth-order valence-corrected chi connectivity index (χ4v) is 2.31. The predicted octanol–water partition coefficient (Wildman–Crippen LogP) is 0.608. The lowest BCUT2D eigenvalue weighted by Gasteiger charge is -2.14. The summed E-state index contributed by atoms with van der Waals surface area (Å²) in [6, 6.07) is 4.90. The molecule has 0 aromatic heterocycles. The van der Waals surface area contributed by atoms with Gasteiger partial charge in [-0.1, -0.05) is 6.08 Å². The number of carbonyl (C=O) groups excluding carboxylic acids is 2. The van der Waals surface area contributed by atoms with Crippen molar-refractivity contribution in [2.45, 2.75) is 6.42 Å². The number of amides is 2. The Morgan fingerprint density at radius 1 is 1.13 bits per heavy atom. The van der Waals surface area contributed by atoms with Gasteiger partial charge in [0.15, 0.2) is 11.5 Å². The van der Waals surface area contributed by atoms with Crippen LogP contribution in [0.3, 0.4) is 0 Å². The summed E-state index contributed by atoms with van der Waals surface area (Å²) in [5.74, 6) is 0.567. The van der Waals surface area contributed by atoms with Crippen LogP contribution in [0.4, 0.5) is 0 Å². The van der Waals surface area contributed by atoms with Gasteiger partial charge in [0.2, 0.25) is 12.7 Å². The van der Waals surface area contributed by atoms with Gasteiger partial charge in [0.05, 0.1) is 19.8 Å². The van der Waals surface area contributed by atoms with E-state index in [1.165, 1.54) is 0 Å². The summed E-state index contributed by atoms with van der Waals surface area (Å²) in [5, 5.41) is 5.33. The molecule has 2 N–H and O–H groups in total. The van der Waals surface area contributed by atoms with E-state index in [0.29, 0.717) is 30.2 Å². The zero-order valence-electron chi connectivity index (χ0n) is 12.6. The molecule has 23 heavy (non-hydrogen) atoms. The highest BCUT2D eigenvalue weighted by Crippen LogP contribution is 2.32. The Morgan fingerprint density at radius 2 is 2.00 bits per heavy atom. The summed E-state index contributed by atoms with van der Waals surface area (Å²) < 4.78 is 15.7. The van der Waals surface area contributed by atoms with E-state index in [1.54, 1.807) is 18.2 Å². The monoisotopic (exact) mass is 318 g/mol. The van der Waals surface area contributed by atoms with Crippen molar-refractivity contribution in [1.82, 2.24) is 10.6 Å². The van der Waals surface area contributed by atoms with Crippen molar-refractivity contribution in [3.8, 4) is 11.5 Å². The van der Waals surface area contributed by atoms with Gasteiger partial charge in [0.1, 0.15) is 0 Å². The molecule has 0 unspecified atom stereocenters. The summed E-state index contributed by atoms with van der Waals surface area (Å²) in [4.78, 5) is 23.8. The minimum absolute atomic E-state index is 0.0819. The molecular formula is C16H18N2O5. The van der Waals surface area contributed by atoms with Gasteiger partial charge in [-0.15, -0.1) is 0 Å². The van der Waals surface area contributed by atoms with Gasteiger partial charge in [0, 0.05) is 12.1 Å². The highest BCUT2D eigenvalue weighted by atomic mass is 16.7. The Balaban J connectivity index is 1.45. The topological polar surface area (TPSA) is 85.9 Å². The number of hydrogen-bond acceptors (Lipinski definition) is 5. The smallest absolute Gasteiger partial charge is 0.251 e. The van der Waals surface area contributed by atoms with E-state index < -0.39 is 0 Å². The van der Waals surface area contributed by atoms with Crippen LogP contribution in [0.5, 0.6) is 11.5 Å². The van der Waals surface area contributed by atoms with E-state index in [4.69, 9.17) is 14.2 Å². The number of nitrogens with one attached hydrogen (secondary N) is 2. The van der Waals surface area contributed by atoms with Crippen LogP contribution >= 0.6 is 0 Å². The molecule has 2 amide bonds. The van der Waals surface area contributed by atoms with Crippen LogP contribution in [0.15, 0.2) is 29.8 Å². The quantitative estimate of drug-likeness (QED) is 0.777. The molecule has 7 heteroatoms. The van der Waals surface area contributed by atoms with E-state index in [9.17, 15) is 9.59 Å². The lowest BCUT2D eigenvalue weighted by molar-refractivity contribution is -0.120. The first-order valence-electron chi connectivity index (χ1n) is 7.42. The molecule has 122 valence electrons. The minimum Gasteiger partial charge on any atom is -0.454 e. The molecule has 2 aliphatic rings. The first kappa shape index (κ1) is 15.4. The van der Waals surface area contributed by atoms with Gasteiger partial charge in [-0.05, 0) is 30.2 Å². The highest BCUT2D eigenvalue weighted by Gasteiger charge is 2.16. The maximum Gasteiger partial charge on any atom is 0.251 e. The molecule has 0 aliphatic carbocycles. The molecule has 0 spiro atoms. The second-order valence-corrected chi connectivity index (χ2v) is 5.23. The third-order valence-corrected chi connectivity index (χ3v) is 3.54. The average molecular weight is 318 g/mol. The molecule has 0 atom stereocenters. The van der Waals surface area contributed by atoms with Crippen molar-refractivity contribution < 1.29 is 23.8 Å². The molecule has 7 nitrogen and oxygen atoms in total. The Kier molecular flexibility index (Phi) is 4.77. The summed E-state index contributed by atoms with van der Waals surface area (Å²) in [7, 11) is 0. The number of ether oxygens (including phenoxy) is 3. The summed E-state index contributed by atoms with van der Waals surface area (Å²) in [6.07, 6.45) is 2.93. The van der Waals surface area contributed by atoms with Crippen molar-refractivity contribution >= 4 is 11.8 Å². The number of benzene rings is 1. The average Bonchev–Trinajstić information content (AvgIpc) is 3.06. The molecule has 1 aromatic rings. The van der Waals surface area contributed by atoms with Crippen molar-refractivity contribution in [3.63, 3.8) is 0 Å². The standard InChI is InChI=1S/C16H18N2O5/c19-15(17-7-11-2-1-5-21-9-11)8-18-16(20)12-3-4-13-14(6-12)23-10-22-13/h2-4,6H,1,5,7-10H2,(H,17,19)(H,18,20). The molecule has 0 saturated heterocycles. The van der Waals surface area contributed by atoms with Gasteiger partial charge in [-0.25, -0.2) is 0 Å². The Bertz CT molecular complexity index is 641. The normalized spacial score (nSPS) is 15.7. The van der Waals surface area contributed by atoms with Gasteiger partial charge >= 0.3 is 0 Å². The second-order valence-electron chi connectivity index (χ2n) is 5.23. The van der Waals surface area contributed by atoms with Crippen molar-refractivity contribution in [2.24, 2.45) is 0 Å². The van der Waals surface area contributed by atoms with Crippen molar-refractivity contribution in [2.75, 3.05) is 33.1 Å². The van der Waals surface area contributed by atoms with E-state index in [-0.39, 0.29) is 25.2 Å². The molecule has 0 bridgehead atoms. The van der Waals surface area contributed by atoms with Crippen molar-refractivity contribution in [1.29, 1.82) is 0 Å². The summed E-state index contributed by atoms with van der Waals surface area (Å²) in [6.45, 7) is 1.79. The fourth-order valence-electron chi connectivity index (χ4n) is 2.31. The number of hydrogen-bond donors (Lipinski definition) is 2. The summed E-state index contributed by atoms with van der Waals surface area (Å²) in [5.41, 5.74) is 1.47. The third kappa shape index (κ3) is 4.01. The van der Waals surface area contributed by atoms with Crippen LogP contribution in [0.1, 0.15) is 16.8 Å². The largest absolute Gasteiger partial charge is 0.454 e. The Labute approximate surface area is 133 Å². The lowest BCUT2D eigenvalue weighted by atomic mass is 10.2. The Hall–Kier alpha value is -2.54. The van der Waals surface area contributed by atoms with Crippen LogP contribution in [-0.2, 0) is 9.53 Å². The zero-order valence-corrected chi connectivity index (χ0v) is 12.6. The minimum atomic E-state index is -0.335. The molecular weight excluding hydrogens is 300 g/mol. The van der Waals surface area contributed by atoms with E-state index in [1.807, 2.05) is 0 Å². The van der Waals surface area contributed by atoms with Crippen LogP contribution in [0.25, 0.3) is 0 Å². The van der Waals surface area contributed by atoms with E-state index >= 15 is 0 Å². The molecule has 0 saturated carbocycles. The van der Waals surface area contributed by atoms with E-state index in [2.05, 4.69) is 16.7 Å². The second kappa shape index (κ2) is 7.15. The molecule has 0 fully saturated rings. The van der Waals surface area contributed by atoms with Crippen LogP contribution < -0.4 is 20.1 Å². The van der Waals surface area contributed by atoms with Crippen molar-refractivity contribution in [3.05, 3.63) is 35.4 Å². The molecule has 2 heterocycles. The molecule has 3 rings (SSSR count). The maximum atomic E-state index is 12.0. The van der Waals surface area contributed by atoms with Gasteiger partial charge in [-0.3, -0.25) is 9.59 Å². The first-order chi connectivity index (χ1) is 11.2. The van der Waals surface area contributed by atoms with Crippen LogP contribution in [-0.4, -0.2) is 44.9 Å². The molecule has 1 aromatic carbocycles. The highest BCUT2D eigenvalue weighted by molar-refractivity contribution is 5.97. The van der Waals surface area contributed by atoms with Gasteiger partial charge < -0.3 is 24.8 Å². The molecule has 0 radical (unpaired) electrons. The molecule has 2 aliphatic heterocycles. The van der Waals surface area contributed by atoms with Crippen LogP contribution in [0, 0.1) is 0 Å². The number of fused-ring (bicyclic) bond motifs is 1. The predicted molar refractivity (Wildman–Crippen MR) is 81.4 cm³/mol.